The summed E-state index contributed by atoms with van der Waals surface area (Å²) in [6.07, 6.45) is 0. The van der Waals surface area contributed by atoms with Gasteiger partial charge in [-0.15, -0.1) is 11.3 Å². The van der Waals surface area contributed by atoms with Crippen LogP contribution in [-0.2, 0) is 0 Å². The topological polar surface area (TPSA) is 57.6 Å². The molecule has 1 aromatic heterocycles. The molecule has 28 heavy (non-hydrogen) atoms. The van der Waals surface area contributed by atoms with Gasteiger partial charge in [0.05, 0.1) is 11.7 Å². The van der Waals surface area contributed by atoms with Gasteiger partial charge in [-0.3, -0.25) is 4.79 Å². The number of alkyl halides is 1. The van der Waals surface area contributed by atoms with Gasteiger partial charge < -0.3 is 10.0 Å². The van der Waals surface area contributed by atoms with E-state index in [-0.39, 0.29) is 10.6 Å². The third kappa shape index (κ3) is 4.08. The van der Waals surface area contributed by atoms with Gasteiger partial charge in [0.1, 0.15) is 11.6 Å². The quantitative estimate of drug-likeness (QED) is 0.553. The predicted molar refractivity (Wildman–Crippen MR) is 110 cm³/mol. The first kappa shape index (κ1) is 20.0. The Morgan fingerprint density at radius 1 is 1.14 bits per heavy atom. The molecule has 1 N–H and O–H groups in total. The third-order valence-electron chi connectivity index (χ3n) is 4.20. The van der Waals surface area contributed by atoms with Crippen molar-refractivity contribution in [3.05, 3.63) is 76.1 Å². The van der Waals surface area contributed by atoms with Crippen molar-refractivity contribution in [2.24, 2.45) is 0 Å². The molecule has 0 fully saturated rings. The van der Waals surface area contributed by atoms with Crippen LogP contribution in [0.2, 0.25) is 5.02 Å². The number of hydrogen-bond acceptors (Lipinski definition) is 3. The van der Waals surface area contributed by atoms with Crippen molar-refractivity contribution in [2.75, 3.05) is 11.6 Å². The van der Waals surface area contributed by atoms with Gasteiger partial charge in [-0.05, 0) is 42.8 Å². The Kier molecular flexibility index (Phi) is 6.11. The maximum absolute atomic E-state index is 13.6. The number of carbonyl (C=O) groups excluding carboxylic acids is 1. The summed E-state index contributed by atoms with van der Waals surface area (Å²) >= 11 is 6.93. The Bertz CT molecular complexity index is 989. The average molecular weight is 418 g/mol. The third-order valence-corrected chi connectivity index (χ3v) is 5.61. The molecule has 3 aromatic rings. The molecule has 1 amide bonds. The fourth-order valence-electron chi connectivity index (χ4n) is 2.81. The number of nitrogens with zero attached hydrogens (tertiary/aromatic N) is 1. The smallest absolute Gasteiger partial charge is 0.348 e. The van der Waals surface area contributed by atoms with Gasteiger partial charge in [0, 0.05) is 15.5 Å². The van der Waals surface area contributed by atoms with Crippen LogP contribution in [0.3, 0.4) is 0 Å². The molecule has 4 nitrogen and oxygen atoms in total. The minimum absolute atomic E-state index is 0.0125. The molecule has 1 heterocycles. The normalized spacial score (nSPS) is 11.8. The summed E-state index contributed by atoms with van der Waals surface area (Å²) in [6.45, 7) is 0.730. The lowest BCUT2D eigenvalue weighted by atomic mass is 10.1. The van der Waals surface area contributed by atoms with Gasteiger partial charge in [0.2, 0.25) is 0 Å². The second kappa shape index (κ2) is 8.54. The van der Waals surface area contributed by atoms with E-state index in [1.54, 1.807) is 25.1 Å². The zero-order valence-corrected chi connectivity index (χ0v) is 16.5. The molecule has 0 aliphatic rings. The SMILES string of the molecule is CC(CF)N(C(=O)c1ccc(Cl)cc1)c1cc(-c2ccccc2)sc1C(=O)O. The highest BCUT2D eigenvalue weighted by Gasteiger charge is 2.29. The van der Waals surface area contributed by atoms with Crippen molar-refractivity contribution in [3.63, 3.8) is 0 Å². The maximum atomic E-state index is 13.6. The van der Waals surface area contributed by atoms with Crippen LogP contribution < -0.4 is 4.90 Å². The Balaban J connectivity index is 2.12. The molecule has 0 saturated carbocycles. The second-order valence-electron chi connectivity index (χ2n) is 6.18. The lowest BCUT2D eigenvalue weighted by molar-refractivity contribution is 0.0703. The lowest BCUT2D eigenvalue weighted by Crippen LogP contribution is -2.40. The summed E-state index contributed by atoms with van der Waals surface area (Å²) in [5, 5.41) is 10.1. The van der Waals surface area contributed by atoms with Crippen LogP contribution in [0.4, 0.5) is 10.1 Å². The Morgan fingerprint density at radius 2 is 1.79 bits per heavy atom. The average Bonchev–Trinajstić information content (AvgIpc) is 3.14. The number of amides is 1. The standard InChI is InChI=1S/C21H17ClFNO3S/c1-13(12-23)24(20(25)15-7-9-16(22)10-8-15)17-11-18(28-19(17)21(26)27)14-5-3-2-4-6-14/h2-11,13H,12H2,1H3,(H,26,27). The zero-order valence-electron chi connectivity index (χ0n) is 14.9. The van der Waals surface area contributed by atoms with Crippen LogP contribution in [0.5, 0.6) is 0 Å². The van der Waals surface area contributed by atoms with Crippen molar-refractivity contribution in [1.82, 2.24) is 0 Å². The zero-order chi connectivity index (χ0) is 20.3. The van der Waals surface area contributed by atoms with Crippen molar-refractivity contribution in [3.8, 4) is 10.4 Å². The summed E-state index contributed by atoms with van der Waals surface area (Å²) in [5.74, 6) is -1.65. The highest BCUT2D eigenvalue weighted by molar-refractivity contribution is 7.18. The van der Waals surface area contributed by atoms with E-state index in [4.69, 9.17) is 11.6 Å². The number of rotatable bonds is 6. The Morgan fingerprint density at radius 3 is 2.36 bits per heavy atom. The van der Waals surface area contributed by atoms with Crippen LogP contribution >= 0.6 is 22.9 Å². The molecule has 0 bridgehead atoms. The maximum Gasteiger partial charge on any atom is 0.348 e. The van der Waals surface area contributed by atoms with Crippen LogP contribution in [-0.4, -0.2) is 29.7 Å². The number of halogens is 2. The largest absolute Gasteiger partial charge is 0.477 e. The monoisotopic (exact) mass is 417 g/mol. The number of hydrogen-bond donors (Lipinski definition) is 1. The first-order valence-corrected chi connectivity index (χ1v) is 9.69. The first-order chi connectivity index (χ1) is 13.4. The van der Waals surface area contributed by atoms with Gasteiger partial charge in [-0.1, -0.05) is 41.9 Å². The molecular weight excluding hydrogens is 401 g/mol. The number of carboxylic acids is 1. The molecular formula is C21H17ClFNO3S. The second-order valence-corrected chi connectivity index (χ2v) is 7.67. The fourth-order valence-corrected chi connectivity index (χ4v) is 3.93. The van der Waals surface area contributed by atoms with E-state index in [2.05, 4.69) is 0 Å². The summed E-state index contributed by atoms with van der Waals surface area (Å²) in [7, 11) is 0. The van der Waals surface area contributed by atoms with Gasteiger partial charge in [0.15, 0.2) is 0 Å². The van der Waals surface area contributed by atoms with E-state index >= 15 is 0 Å². The molecule has 7 heteroatoms. The number of anilines is 1. The molecule has 1 atom stereocenters. The van der Waals surface area contributed by atoms with Gasteiger partial charge >= 0.3 is 5.97 Å². The summed E-state index contributed by atoms with van der Waals surface area (Å²) in [4.78, 5) is 26.8. The van der Waals surface area contributed by atoms with E-state index in [1.165, 1.54) is 17.0 Å². The van der Waals surface area contributed by atoms with Crippen molar-refractivity contribution in [2.45, 2.75) is 13.0 Å². The molecule has 0 aliphatic carbocycles. The van der Waals surface area contributed by atoms with Gasteiger partial charge in [0.25, 0.3) is 5.91 Å². The molecule has 2 aromatic carbocycles. The van der Waals surface area contributed by atoms with Crippen LogP contribution in [0.15, 0.2) is 60.7 Å². The highest BCUT2D eigenvalue weighted by atomic mass is 35.5. The van der Waals surface area contributed by atoms with E-state index in [0.717, 1.165) is 16.9 Å². The summed E-state index contributed by atoms with van der Waals surface area (Å²) in [6, 6.07) is 16.2. The van der Waals surface area contributed by atoms with Crippen LogP contribution in [0.1, 0.15) is 27.0 Å². The number of carbonyl (C=O) groups is 2. The predicted octanol–water partition coefficient (Wildman–Crippen LogP) is 5.77. The Labute approximate surface area is 170 Å². The minimum Gasteiger partial charge on any atom is -0.477 e. The van der Waals surface area contributed by atoms with E-state index in [9.17, 15) is 19.1 Å². The van der Waals surface area contributed by atoms with Gasteiger partial charge in [-0.25, -0.2) is 9.18 Å². The number of carboxylic acid groups (broad SMARTS) is 1. The first-order valence-electron chi connectivity index (χ1n) is 8.50. The van der Waals surface area contributed by atoms with E-state index in [1.807, 2.05) is 30.3 Å². The highest BCUT2D eigenvalue weighted by Crippen LogP contribution is 2.38. The van der Waals surface area contributed by atoms with Gasteiger partial charge in [-0.2, -0.15) is 0 Å². The Hall–Kier alpha value is -2.70. The summed E-state index contributed by atoms with van der Waals surface area (Å²) < 4.78 is 13.6. The molecule has 144 valence electrons. The molecule has 0 aliphatic heterocycles. The molecule has 0 radical (unpaired) electrons. The lowest BCUT2D eigenvalue weighted by Gasteiger charge is -2.27. The molecule has 1 unspecified atom stereocenters. The fraction of sp³-hybridized carbons (Fsp3) is 0.143. The number of aromatic carboxylic acids is 1. The van der Waals surface area contributed by atoms with Crippen LogP contribution in [0.25, 0.3) is 10.4 Å². The summed E-state index contributed by atoms with van der Waals surface area (Å²) in [5.41, 5.74) is 1.31. The van der Waals surface area contributed by atoms with Crippen LogP contribution in [0, 0.1) is 0 Å². The number of benzene rings is 2. The van der Waals surface area contributed by atoms with Crippen molar-refractivity contribution >= 4 is 40.5 Å². The number of thiophene rings is 1. The molecule has 0 saturated heterocycles. The van der Waals surface area contributed by atoms with Crippen molar-refractivity contribution in [1.29, 1.82) is 0 Å². The van der Waals surface area contributed by atoms with E-state index in [0.29, 0.717) is 15.5 Å². The molecule has 0 spiro atoms. The van der Waals surface area contributed by atoms with E-state index < -0.39 is 24.6 Å². The minimum atomic E-state index is -1.16. The molecule has 3 rings (SSSR count). The van der Waals surface area contributed by atoms with Crippen molar-refractivity contribution < 1.29 is 19.1 Å².